The third-order valence-electron chi connectivity index (χ3n) is 3.68. The Morgan fingerprint density at radius 1 is 1.08 bits per heavy atom. The molecule has 25 heavy (non-hydrogen) atoms. The van der Waals surface area contributed by atoms with E-state index in [1.807, 2.05) is 42.3 Å². The lowest BCUT2D eigenvalue weighted by molar-refractivity contribution is -0.146. The van der Waals surface area contributed by atoms with Crippen LogP contribution in [-0.4, -0.2) is 49.8 Å². The number of rotatable bonds is 8. The van der Waals surface area contributed by atoms with E-state index in [1.165, 1.54) is 0 Å². The second-order valence-electron chi connectivity index (χ2n) is 5.50. The molecule has 2 rings (SSSR count). The van der Waals surface area contributed by atoms with Gasteiger partial charge >= 0.3 is 5.97 Å². The minimum Gasteiger partial charge on any atom is -0.462 e. The number of amides is 1. The van der Waals surface area contributed by atoms with Crippen LogP contribution in [0.2, 0.25) is 0 Å². The number of anilines is 1. The quantitative estimate of drug-likeness (QED) is 0.710. The molecule has 0 saturated heterocycles. The van der Waals surface area contributed by atoms with E-state index in [-0.39, 0.29) is 6.61 Å². The molecule has 1 amide bonds. The van der Waals surface area contributed by atoms with Crippen LogP contribution in [0.5, 0.6) is 0 Å². The number of nitrogens with one attached hydrogen (secondary N) is 1. The Bertz CT molecular complexity index is 676. The molecule has 2 aromatic rings. The monoisotopic (exact) mass is 342 g/mol. The van der Waals surface area contributed by atoms with E-state index in [9.17, 15) is 14.7 Å². The molecule has 0 unspecified atom stereocenters. The number of aliphatic hydroxyl groups is 1. The molecule has 0 spiro atoms. The summed E-state index contributed by atoms with van der Waals surface area (Å²) in [6.45, 7) is 0.133. The predicted molar refractivity (Wildman–Crippen MR) is 95.5 cm³/mol. The van der Waals surface area contributed by atoms with Crippen LogP contribution in [0, 0.1) is 0 Å². The molecule has 6 nitrogen and oxygen atoms in total. The van der Waals surface area contributed by atoms with Crippen molar-refractivity contribution in [1.82, 2.24) is 5.32 Å². The molecule has 0 radical (unpaired) electrons. The highest BCUT2D eigenvalue weighted by molar-refractivity contribution is 5.96. The van der Waals surface area contributed by atoms with Crippen LogP contribution in [0.1, 0.15) is 10.4 Å². The van der Waals surface area contributed by atoms with Crippen LogP contribution >= 0.6 is 0 Å². The first-order chi connectivity index (χ1) is 12.1. The van der Waals surface area contributed by atoms with Crippen molar-refractivity contribution < 1.29 is 19.4 Å². The number of hydrogen-bond donors (Lipinski definition) is 2. The van der Waals surface area contributed by atoms with Gasteiger partial charge in [-0.3, -0.25) is 4.79 Å². The maximum Gasteiger partial charge on any atom is 0.331 e. The summed E-state index contributed by atoms with van der Waals surface area (Å²) in [5, 5.41) is 11.8. The van der Waals surface area contributed by atoms with E-state index in [2.05, 4.69) is 5.32 Å². The summed E-state index contributed by atoms with van der Waals surface area (Å²) in [4.78, 5) is 26.0. The highest BCUT2D eigenvalue weighted by Crippen LogP contribution is 2.10. The van der Waals surface area contributed by atoms with Crippen molar-refractivity contribution in [3.8, 4) is 0 Å². The van der Waals surface area contributed by atoms with Gasteiger partial charge in [0, 0.05) is 18.3 Å². The number of hydrogen-bond acceptors (Lipinski definition) is 5. The SMILES string of the molecule is CN(CCOC(=O)[C@H](CO)NC(=O)c1ccccc1)c1ccccc1. The largest absolute Gasteiger partial charge is 0.462 e. The van der Waals surface area contributed by atoms with E-state index in [4.69, 9.17) is 4.74 Å². The number of aliphatic hydroxyl groups excluding tert-OH is 1. The maximum absolute atomic E-state index is 12.0. The van der Waals surface area contributed by atoms with Crippen LogP contribution in [0.3, 0.4) is 0 Å². The maximum atomic E-state index is 12.0. The molecular weight excluding hydrogens is 320 g/mol. The van der Waals surface area contributed by atoms with Gasteiger partial charge in [0.15, 0.2) is 6.04 Å². The molecule has 0 aromatic heterocycles. The topological polar surface area (TPSA) is 78.9 Å². The molecule has 0 heterocycles. The van der Waals surface area contributed by atoms with Gasteiger partial charge in [0.2, 0.25) is 0 Å². The Balaban J connectivity index is 1.80. The summed E-state index contributed by atoms with van der Waals surface area (Å²) < 4.78 is 5.17. The van der Waals surface area contributed by atoms with Gasteiger partial charge in [0.05, 0.1) is 13.2 Å². The number of benzene rings is 2. The third kappa shape index (κ3) is 5.61. The predicted octanol–water partition coefficient (Wildman–Crippen LogP) is 1.46. The summed E-state index contributed by atoms with van der Waals surface area (Å²) in [5.41, 5.74) is 1.42. The third-order valence-corrected chi connectivity index (χ3v) is 3.68. The van der Waals surface area contributed by atoms with Crippen LogP contribution in [0.25, 0.3) is 0 Å². The fraction of sp³-hybridized carbons (Fsp3) is 0.263. The van der Waals surface area contributed by atoms with E-state index >= 15 is 0 Å². The molecule has 0 aliphatic heterocycles. The summed E-state index contributed by atoms with van der Waals surface area (Å²) in [5.74, 6) is -1.09. The lowest BCUT2D eigenvalue weighted by atomic mass is 10.2. The van der Waals surface area contributed by atoms with E-state index in [0.29, 0.717) is 12.1 Å². The molecule has 2 aromatic carbocycles. The van der Waals surface area contributed by atoms with Crippen molar-refractivity contribution >= 4 is 17.6 Å². The highest BCUT2D eigenvalue weighted by atomic mass is 16.5. The lowest BCUT2D eigenvalue weighted by Crippen LogP contribution is -2.44. The summed E-state index contributed by atoms with van der Waals surface area (Å²) >= 11 is 0. The van der Waals surface area contributed by atoms with Crippen LogP contribution < -0.4 is 10.2 Å². The zero-order chi connectivity index (χ0) is 18.1. The molecule has 0 bridgehead atoms. The van der Waals surface area contributed by atoms with Gasteiger partial charge in [-0.15, -0.1) is 0 Å². The van der Waals surface area contributed by atoms with Gasteiger partial charge in [-0.1, -0.05) is 36.4 Å². The Morgan fingerprint density at radius 3 is 2.28 bits per heavy atom. The average molecular weight is 342 g/mol. The van der Waals surface area contributed by atoms with Crippen LogP contribution in [0.15, 0.2) is 60.7 Å². The average Bonchev–Trinajstić information content (AvgIpc) is 2.67. The first-order valence-electron chi connectivity index (χ1n) is 8.01. The number of nitrogens with zero attached hydrogens (tertiary/aromatic N) is 1. The molecule has 6 heteroatoms. The van der Waals surface area contributed by atoms with Crippen molar-refractivity contribution in [3.05, 3.63) is 66.2 Å². The van der Waals surface area contributed by atoms with Gasteiger partial charge in [-0.05, 0) is 24.3 Å². The number of carbonyl (C=O) groups is 2. The molecule has 0 aliphatic carbocycles. The molecule has 0 fully saturated rings. The van der Waals surface area contributed by atoms with Crippen molar-refractivity contribution in [2.24, 2.45) is 0 Å². The Morgan fingerprint density at radius 2 is 1.68 bits per heavy atom. The fourth-order valence-corrected chi connectivity index (χ4v) is 2.21. The van der Waals surface area contributed by atoms with Gasteiger partial charge in [-0.25, -0.2) is 4.79 Å². The van der Waals surface area contributed by atoms with Crippen molar-refractivity contribution in [1.29, 1.82) is 0 Å². The second-order valence-corrected chi connectivity index (χ2v) is 5.50. The number of carbonyl (C=O) groups excluding carboxylic acids is 2. The minimum absolute atomic E-state index is 0.155. The number of para-hydroxylation sites is 1. The molecule has 0 saturated carbocycles. The summed E-state index contributed by atoms with van der Waals surface area (Å²) in [6, 6.07) is 17.1. The second kappa shape index (κ2) is 9.44. The Hall–Kier alpha value is -2.86. The lowest BCUT2D eigenvalue weighted by Gasteiger charge is -2.20. The fourth-order valence-electron chi connectivity index (χ4n) is 2.21. The van der Waals surface area contributed by atoms with Gasteiger partial charge < -0.3 is 20.1 Å². The molecule has 1 atom stereocenters. The van der Waals surface area contributed by atoms with Crippen molar-refractivity contribution in [2.75, 3.05) is 31.7 Å². The molecular formula is C19H22N2O4. The summed E-state index contributed by atoms with van der Waals surface area (Å²) in [7, 11) is 1.89. The van der Waals surface area contributed by atoms with E-state index in [0.717, 1.165) is 5.69 Å². The number of esters is 1. The van der Waals surface area contributed by atoms with E-state index in [1.54, 1.807) is 30.3 Å². The number of likely N-dealkylation sites (N-methyl/N-ethyl adjacent to an activating group) is 1. The minimum atomic E-state index is -1.09. The van der Waals surface area contributed by atoms with Crippen molar-refractivity contribution in [2.45, 2.75) is 6.04 Å². The smallest absolute Gasteiger partial charge is 0.331 e. The summed E-state index contributed by atoms with van der Waals surface area (Å²) in [6.07, 6.45) is 0. The van der Waals surface area contributed by atoms with Crippen molar-refractivity contribution in [3.63, 3.8) is 0 Å². The van der Waals surface area contributed by atoms with Gasteiger partial charge in [0.25, 0.3) is 5.91 Å². The Labute approximate surface area is 147 Å². The molecule has 0 aliphatic rings. The zero-order valence-electron chi connectivity index (χ0n) is 14.1. The first-order valence-corrected chi connectivity index (χ1v) is 8.01. The highest BCUT2D eigenvalue weighted by Gasteiger charge is 2.22. The van der Waals surface area contributed by atoms with Gasteiger partial charge in [-0.2, -0.15) is 0 Å². The van der Waals surface area contributed by atoms with Crippen LogP contribution in [-0.2, 0) is 9.53 Å². The van der Waals surface area contributed by atoms with E-state index < -0.39 is 24.5 Å². The number of ether oxygens (including phenoxy) is 1. The van der Waals surface area contributed by atoms with Crippen LogP contribution in [0.4, 0.5) is 5.69 Å². The molecule has 2 N–H and O–H groups in total. The normalized spacial score (nSPS) is 11.4. The standard InChI is InChI=1S/C19H22N2O4/c1-21(16-10-6-3-7-11-16)12-13-25-19(24)17(14-22)20-18(23)15-8-4-2-5-9-15/h2-11,17,22H,12-14H2,1H3,(H,20,23)/t17-/m0/s1. The Kier molecular flexibility index (Phi) is 6.98. The first kappa shape index (κ1) is 18.5. The zero-order valence-corrected chi connectivity index (χ0v) is 14.1. The van der Waals surface area contributed by atoms with Gasteiger partial charge in [0.1, 0.15) is 6.61 Å². The molecule has 132 valence electrons.